The van der Waals surface area contributed by atoms with Gasteiger partial charge in [0, 0.05) is 19.6 Å². The first kappa shape index (κ1) is 14.3. The van der Waals surface area contributed by atoms with Crippen molar-refractivity contribution < 1.29 is 19.4 Å². The molecule has 1 saturated carbocycles. The van der Waals surface area contributed by atoms with Crippen molar-refractivity contribution in [2.45, 2.75) is 38.2 Å². The number of carboxylic acid groups (broad SMARTS) is 1. The van der Waals surface area contributed by atoms with Gasteiger partial charge >= 0.3 is 5.97 Å². The van der Waals surface area contributed by atoms with Crippen molar-refractivity contribution in [2.75, 3.05) is 26.2 Å². The summed E-state index contributed by atoms with van der Waals surface area (Å²) in [5.41, 5.74) is 5.40. The molecule has 0 radical (unpaired) electrons. The number of carboxylic acids is 1. The van der Waals surface area contributed by atoms with E-state index in [0.717, 1.165) is 25.7 Å². The molecular formula is C13H22N2O4. The number of nitrogens with two attached hydrogens (primary N) is 1. The second-order valence-electron chi connectivity index (χ2n) is 5.49. The average Bonchev–Trinajstić information content (AvgIpc) is 3.19. The lowest BCUT2D eigenvalue weighted by atomic mass is 10.0. The Morgan fingerprint density at radius 1 is 1.32 bits per heavy atom. The van der Waals surface area contributed by atoms with Crippen molar-refractivity contribution >= 4 is 11.9 Å². The highest BCUT2D eigenvalue weighted by molar-refractivity contribution is 5.85. The third kappa shape index (κ3) is 3.45. The Kier molecular flexibility index (Phi) is 4.42. The van der Waals surface area contributed by atoms with Gasteiger partial charge in [0.15, 0.2) is 0 Å². The smallest absolute Gasteiger partial charge is 0.305 e. The maximum atomic E-state index is 12.3. The van der Waals surface area contributed by atoms with E-state index in [9.17, 15) is 9.59 Å². The fourth-order valence-electron chi connectivity index (χ4n) is 2.53. The molecule has 108 valence electrons. The molecule has 0 aromatic rings. The summed E-state index contributed by atoms with van der Waals surface area (Å²) in [5, 5.41) is 8.54. The van der Waals surface area contributed by atoms with E-state index in [0.29, 0.717) is 19.6 Å². The molecule has 3 N–H and O–H groups in total. The van der Waals surface area contributed by atoms with Gasteiger partial charge in [-0.15, -0.1) is 0 Å². The number of amides is 1. The lowest BCUT2D eigenvalue weighted by Gasteiger charge is -2.34. The van der Waals surface area contributed by atoms with Gasteiger partial charge in [0.1, 0.15) is 0 Å². The van der Waals surface area contributed by atoms with Crippen LogP contribution < -0.4 is 5.73 Å². The predicted molar refractivity (Wildman–Crippen MR) is 68.5 cm³/mol. The zero-order valence-electron chi connectivity index (χ0n) is 11.1. The van der Waals surface area contributed by atoms with E-state index >= 15 is 0 Å². The summed E-state index contributed by atoms with van der Waals surface area (Å²) < 4.78 is 5.51. The molecule has 2 aliphatic rings. The first-order valence-corrected chi connectivity index (χ1v) is 6.90. The average molecular weight is 270 g/mol. The monoisotopic (exact) mass is 270 g/mol. The Morgan fingerprint density at radius 3 is 2.42 bits per heavy atom. The van der Waals surface area contributed by atoms with Gasteiger partial charge in [-0.05, 0) is 25.7 Å². The highest BCUT2D eigenvalue weighted by Gasteiger charge is 2.50. The molecule has 0 bridgehead atoms. The number of piperidine rings is 1. The second kappa shape index (κ2) is 5.88. The van der Waals surface area contributed by atoms with Crippen molar-refractivity contribution in [3.63, 3.8) is 0 Å². The molecular weight excluding hydrogens is 248 g/mol. The number of hydrogen-bond donors (Lipinski definition) is 2. The number of carbonyl (C=O) groups excluding carboxylic acids is 1. The van der Waals surface area contributed by atoms with Crippen LogP contribution in [0.3, 0.4) is 0 Å². The minimum atomic E-state index is -0.841. The molecule has 1 heterocycles. The number of carbonyl (C=O) groups is 2. The van der Waals surface area contributed by atoms with E-state index < -0.39 is 5.97 Å². The first-order valence-electron chi connectivity index (χ1n) is 6.90. The van der Waals surface area contributed by atoms with Crippen molar-refractivity contribution in [3.05, 3.63) is 0 Å². The normalized spacial score (nSPS) is 22.3. The Balaban J connectivity index is 1.70. The summed E-state index contributed by atoms with van der Waals surface area (Å²) in [7, 11) is 0. The zero-order chi connectivity index (χ0) is 13.9. The zero-order valence-corrected chi connectivity index (χ0v) is 11.1. The van der Waals surface area contributed by atoms with Crippen LogP contribution in [0.2, 0.25) is 0 Å². The first-order chi connectivity index (χ1) is 9.07. The molecule has 6 heteroatoms. The van der Waals surface area contributed by atoms with Crippen LogP contribution in [0, 0.1) is 5.41 Å². The molecule has 1 aliphatic carbocycles. The Hall–Kier alpha value is -1.14. The minimum Gasteiger partial charge on any atom is -0.481 e. The third-order valence-corrected chi connectivity index (χ3v) is 4.10. The van der Waals surface area contributed by atoms with E-state index in [2.05, 4.69) is 0 Å². The number of ether oxygens (including phenoxy) is 1. The molecule has 0 spiro atoms. The highest BCUT2D eigenvalue weighted by atomic mass is 16.5. The van der Waals surface area contributed by atoms with Crippen LogP contribution in [0.15, 0.2) is 0 Å². The van der Waals surface area contributed by atoms with Crippen LogP contribution in [0.4, 0.5) is 0 Å². The summed E-state index contributed by atoms with van der Waals surface area (Å²) >= 11 is 0. The second-order valence-corrected chi connectivity index (χ2v) is 5.49. The van der Waals surface area contributed by atoms with Gasteiger partial charge in [0.25, 0.3) is 0 Å². The summed E-state index contributed by atoms with van der Waals surface area (Å²) in [4.78, 5) is 24.5. The maximum absolute atomic E-state index is 12.3. The molecule has 2 rings (SSSR count). The van der Waals surface area contributed by atoms with Gasteiger partial charge in [0.2, 0.25) is 5.91 Å². The molecule has 6 nitrogen and oxygen atoms in total. The van der Waals surface area contributed by atoms with Gasteiger partial charge in [-0.1, -0.05) is 0 Å². The third-order valence-electron chi connectivity index (χ3n) is 4.10. The van der Waals surface area contributed by atoms with Crippen molar-refractivity contribution in [3.8, 4) is 0 Å². The lowest BCUT2D eigenvalue weighted by Crippen LogP contribution is -2.46. The molecule has 1 aliphatic heterocycles. The molecule has 0 atom stereocenters. The van der Waals surface area contributed by atoms with Gasteiger partial charge in [0.05, 0.1) is 24.5 Å². The number of rotatable bonds is 6. The van der Waals surface area contributed by atoms with Gasteiger partial charge in [-0.3, -0.25) is 9.59 Å². The Morgan fingerprint density at radius 2 is 1.95 bits per heavy atom. The van der Waals surface area contributed by atoms with E-state index in [1.165, 1.54) is 0 Å². The van der Waals surface area contributed by atoms with Gasteiger partial charge in [-0.2, -0.15) is 0 Å². The predicted octanol–water partition coefficient (Wildman–Crippen LogP) is 0.208. The summed E-state index contributed by atoms with van der Waals surface area (Å²) in [5.74, 6) is -0.648. The molecule has 19 heavy (non-hydrogen) atoms. The lowest BCUT2D eigenvalue weighted by molar-refractivity contribution is -0.140. The van der Waals surface area contributed by atoms with Crippen LogP contribution in [0.25, 0.3) is 0 Å². The molecule has 0 aromatic heterocycles. The van der Waals surface area contributed by atoms with Crippen LogP contribution >= 0.6 is 0 Å². The number of hydrogen-bond acceptors (Lipinski definition) is 4. The van der Waals surface area contributed by atoms with Crippen molar-refractivity contribution in [1.82, 2.24) is 4.90 Å². The van der Waals surface area contributed by atoms with E-state index in [1.807, 2.05) is 4.90 Å². The van der Waals surface area contributed by atoms with Crippen molar-refractivity contribution in [2.24, 2.45) is 11.1 Å². The van der Waals surface area contributed by atoms with Gasteiger partial charge < -0.3 is 20.5 Å². The SMILES string of the molecule is NCC1(C(=O)N2CCC(OCCC(=O)O)CC2)CC1. The number of nitrogens with zero attached hydrogens (tertiary/aromatic N) is 1. The number of aliphatic carboxylic acids is 1. The van der Waals surface area contributed by atoms with Crippen LogP contribution in [0.1, 0.15) is 32.1 Å². The summed E-state index contributed by atoms with van der Waals surface area (Å²) in [6.45, 7) is 2.08. The quantitative estimate of drug-likeness (QED) is 0.719. The molecule has 0 unspecified atom stereocenters. The Labute approximate surface area is 112 Å². The van der Waals surface area contributed by atoms with Crippen LogP contribution in [-0.2, 0) is 14.3 Å². The number of likely N-dealkylation sites (tertiary alicyclic amines) is 1. The standard InChI is InChI=1S/C13H22N2O4/c14-9-13(4-5-13)12(18)15-6-1-10(2-7-15)19-8-3-11(16)17/h10H,1-9,14H2,(H,16,17). The van der Waals surface area contributed by atoms with Crippen LogP contribution in [0.5, 0.6) is 0 Å². The topological polar surface area (TPSA) is 92.9 Å². The Bertz CT molecular complexity index is 347. The van der Waals surface area contributed by atoms with Gasteiger partial charge in [-0.25, -0.2) is 0 Å². The summed E-state index contributed by atoms with van der Waals surface area (Å²) in [6.07, 6.45) is 3.51. The largest absolute Gasteiger partial charge is 0.481 e. The fraction of sp³-hybridized carbons (Fsp3) is 0.846. The van der Waals surface area contributed by atoms with E-state index in [-0.39, 0.29) is 30.5 Å². The molecule has 1 amide bonds. The molecule has 0 aromatic carbocycles. The fourth-order valence-corrected chi connectivity index (χ4v) is 2.53. The highest BCUT2D eigenvalue weighted by Crippen LogP contribution is 2.46. The minimum absolute atomic E-state index is 0.0371. The molecule has 2 fully saturated rings. The van der Waals surface area contributed by atoms with Crippen molar-refractivity contribution in [1.29, 1.82) is 0 Å². The summed E-state index contributed by atoms with van der Waals surface area (Å²) in [6, 6.07) is 0. The van der Waals surface area contributed by atoms with E-state index in [1.54, 1.807) is 0 Å². The van der Waals surface area contributed by atoms with Crippen LogP contribution in [-0.4, -0.2) is 54.2 Å². The maximum Gasteiger partial charge on any atom is 0.305 e. The molecule has 1 saturated heterocycles. The van der Waals surface area contributed by atoms with E-state index in [4.69, 9.17) is 15.6 Å².